The van der Waals surface area contributed by atoms with Gasteiger partial charge in [-0.2, -0.15) is 0 Å². The summed E-state index contributed by atoms with van der Waals surface area (Å²) in [5.41, 5.74) is 1.12. The van der Waals surface area contributed by atoms with Crippen molar-refractivity contribution >= 4 is 23.6 Å². The molecule has 3 amide bonds. The molecule has 9 heteroatoms. The van der Waals surface area contributed by atoms with E-state index in [0.717, 1.165) is 31.6 Å². The minimum atomic E-state index is -0.999. The van der Waals surface area contributed by atoms with Gasteiger partial charge in [-0.1, -0.05) is 0 Å². The number of nitrogens with one attached hydrogen (secondary N) is 1. The molecular formula is C20H29N5O4. The number of aliphatic carboxylic acids is 1. The van der Waals surface area contributed by atoms with Crippen LogP contribution in [0.5, 0.6) is 0 Å². The summed E-state index contributed by atoms with van der Waals surface area (Å²) < 4.78 is 0. The van der Waals surface area contributed by atoms with Crippen molar-refractivity contribution in [2.24, 2.45) is 0 Å². The van der Waals surface area contributed by atoms with E-state index in [1.54, 1.807) is 12.4 Å². The molecule has 1 saturated carbocycles. The topological polar surface area (TPSA) is 106 Å². The molecule has 0 aromatic carbocycles. The third-order valence-electron chi connectivity index (χ3n) is 5.77. The number of amides is 3. The number of carboxylic acids is 1. The van der Waals surface area contributed by atoms with Crippen LogP contribution in [-0.4, -0.2) is 82.6 Å². The first kappa shape index (κ1) is 20.9. The largest absolute Gasteiger partial charge is 0.480 e. The molecule has 1 aliphatic carbocycles. The lowest BCUT2D eigenvalue weighted by Crippen LogP contribution is -2.54. The Morgan fingerprint density at radius 2 is 1.72 bits per heavy atom. The highest BCUT2D eigenvalue weighted by atomic mass is 16.4. The monoisotopic (exact) mass is 403 g/mol. The molecular weight excluding hydrogens is 374 g/mol. The van der Waals surface area contributed by atoms with E-state index >= 15 is 0 Å². The van der Waals surface area contributed by atoms with Crippen molar-refractivity contribution in [3.8, 4) is 0 Å². The Hall–Kier alpha value is -2.84. The number of hydrogen-bond donors (Lipinski definition) is 2. The molecule has 1 aromatic heterocycles. The number of anilines is 1. The summed E-state index contributed by atoms with van der Waals surface area (Å²) in [5, 5.41) is 12.1. The Balaban J connectivity index is 1.43. The predicted molar refractivity (Wildman–Crippen MR) is 108 cm³/mol. The minimum Gasteiger partial charge on any atom is -0.480 e. The fourth-order valence-electron chi connectivity index (χ4n) is 4.16. The second-order valence-corrected chi connectivity index (χ2v) is 7.68. The highest BCUT2D eigenvalue weighted by Gasteiger charge is 2.30. The average molecular weight is 403 g/mol. The van der Waals surface area contributed by atoms with Gasteiger partial charge in [0, 0.05) is 63.3 Å². The molecule has 0 spiro atoms. The van der Waals surface area contributed by atoms with Gasteiger partial charge in [-0.3, -0.25) is 14.6 Å². The predicted octanol–water partition coefficient (Wildman–Crippen LogP) is 1.16. The molecule has 158 valence electrons. The molecule has 0 radical (unpaired) electrons. The Bertz CT molecular complexity index is 713. The molecule has 2 fully saturated rings. The number of carbonyl (C=O) groups excluding carboxylic acids is 2. The zero-order valence-corrected chi connectivity index (χ0v) is 16.8. The van der Waals surface area contributed by atoms with Crippen LogP contribution in [0.1, 0.15) is 32.6 Å². The van der Waals surface area contributed by atoms with Crippen molar-refractivity contribution in [2.75, 3.05) is 37.6 Å². The number of rotatable bonds is 5. The van der Waals surface area contributed by atoms with E-state index < -0.39 is 5.97 Å². The van der Waals surface area contributed by atoms with Gasteiger partial charge >= 0.3 is 12.0 Å². The number of pyridine rings is 1. The number of aromatic nitrogens is 1. The number of carbonyl (C=O) groups is 3. The fraction of sp³-hybridized carbons (Fsp3) is 0.600. The Kier molecular flexibility index (Phi) is 6.90. The highest BCUT2D eigenvalue weighted by molar-refractivity contribution is 5.80. The van der Waals surface area contributed by atoms with E-state index in [1.807, 2.05) is 17.0 Å². The van der Waals surface area contributed by atoms with Gasteiger partial charge in [-0.25, -0.2) is 4.79 Å². The van der Waals surface area contributed by atoms with Crippen molar-refractivity contribution in [3.05, 3.63) is 24.5 Å². The first-order valence-corrected chi connectivity index (χ1v) is 10.1. The first-order valence-electron chi connectivity index (χ1n) is 10.1. The standard InChI is InChI=1S/C20H29N5O4/c1-15(26)25(14-19(27)28)18-4-2-16(3-5-18)22-20(29)24-12-10-23(11-13-24)17-6-8-21-9-7-17/h6-9,16,18H,2-5,10-14H2,1H3,(H,22,29)(H,27,28). The maximum absolute atomic E-state index is 12.6. The van der Waals surface area contributed by atoms with Gasteiger partial charge in [0.25, 0.3) is 0 Å². The van der Waals surface area contributed by atoms with Crippen molar-refractivity contribution in [1.82, 2.24) is 20.1 Å². The van der Waals surface area contributed by atoms with Gasteiger partial charge in [0.15, 0.2) is 0 Å². The minimum absolute atomic E-state index is 0.0446. The van der Waals surface area contributed by atoms with E-state index in [9.17, 15) is 14.4 Å². The van der Waals surface area contributed by atoms with Crippen LogP contribution in [0.4, 0.5) is 10.5 Å². The molecule has 9 nitrogen and oxygen atoms in total. The molecule has 29 heavy (non-hydrogen) atoms. The Morgan fingerprint density at radius 1 is 1.10 bits per heavy atom. The van der Waals surface area contributed by atoms with Crippen LogP contribution < -0.4 is 10.2 Å². The van der Waals surface area contributed by atoms with Crippen LogP contribution in [0.3, 0.4) is 0 Å². The highest BCUT2D eigenvalue weighted by Crippen LogP contribution is 2.24. The van der Waals surface area contributed by atoms with Crippen molar-refractivity contribution in [2.45, 2.75) is 44.7 Å². The van der Waals surface area contributed by atoms with E-state index in [2.05, 4.69) is 15.2 Å². The maximum atomic E-state index is 12.6. The average Bonchev–Trinajstić information content (AvgIpc) is 2.73. The summed E-state index contributed by atoms with van der Waals surface area (Å²) in [6.45, 7) is 4.04. The number of hydrogen-bond acceptors (Lipinski definition) is 5. The van der Waals surface area contributed by atoms with Crippen LogP contribution in [0.15, 0.2) is 24.5 Å². The summed E-state index contributed by atoms with van der Waals surface area (Å²) in [5.74, 6) is -1.21. The van der Waals surface area contributed by atoms with Crippen LogP contribution >= 0.6 is 0 Å². The van der Waals surface area contributed by atoms with E-state index in [1.165, 1.54) is 11.8 Å². The maximum Gasteiger partial charge on any atom is 0.323 e. The number of urea groups is 1. The number of carboxylic acid groups (broad SMARTS) is 1. The second-order valence-electron chi connectivity index (χ2n) is 7.68. The lowest BCUT2D eigenvalue weighted by Gasteiger charge is -2.38. The first-order chi connectivity index (χ1) is 13.9. The third kappa shape index (κ3) is 5.58. The molecule has 3 rings (SSSR count). The van der Waals surface area contributed by atoms with Gasteiger partial charge < -0.3 is 25.1 Å². The normalized spacial score (nSPS) is 22.1. The SMILES string of the molecule is CC(=O)N(CC(=O)O)C1CCC(NC(=O)N2CCN(c3ccncc3)CC2)CC1. The summed E-state index contributed by atoms with van der Waals surface area (Å²) in [6.07, 6.45) is 6.44. The molecule has 2 heterocycles. The summed E-state index contributed by atoms with van der Waals surface area (Å²) in [6, 6.07) is 3.90. The Labute approximate surface area is 170 Å². The molecule has 2 aliphatic rings. The summed E-state index contributed by atoms with van der Waals surface area (Å²) in [4.78, 5) is 44.9. The molecule has 0 unspecified atom stereocenters. The molecule has 1 aliphatic heterocycles. The van der Waals surface area contributed by atoms with Gasteiger partial charge in [0.05, 0.1) is 0 Å². The Morgan fingerprint density at radius 3 is 2.28 bits per heavy atom. The fourth-order valence-corrected chi connectivity index (χ4v) is 4.16. The molecule has 0 atom stereocenters. The van der Waals surface area contributed by atoms with Crippen LogP contribution in [0.2, 0.25) is 0 Å². The lowest BCUT2D eigenvalue weighted by atomic mass is 9.90. The van der Waals surface area contributed by atoms with E-state index in [0.29, 0.717) is 25.9 Å². The van der Waals surface area contributed by atoms with Crippen LogP contribution in [-0.2, 0) is 9.59 Å². The zero-order valence-electron chi connectivity index (χ0n) is 16.8. The summed E-state index contributed by atoms with van der Waals surface area (Å²) >= 11 is 0. The van der Waals surface area contributed by atoms with Gasteiger partial charge in [0.2, 0.25) is 5.91 Å². The van der Waals surface area contributed by atoms with Crippen LogP contribution in [0.25, 0.3) is 0 Å². The molecule has 1 aromatic rings. The second kappa shape index (κ2) is 9.58. The smallest absolute Gasteiger partial charge is 0.323 e. The lowest BCUT2D eigenvalue weighted by molar-refractivity contribution is -0.145. The quantitative estimate of drug-likeness (QED) is 0.764. The van der Waals surface area contributed by atoms with E-state index in [4.69, 9.17) is 5.11 Å². The number of nitrogens with zero attached hydrogens (tertiary/aromatic N) is 4. The van der Waals surface area contributed by atoms with Gasteiger partial charge in [-0.15, -0.1) is 0 Å². The molecule has 0 bridgehead atoms. The van der Waals surface area contributed by atoms with E-state index in [-0.39, 0.29) is 30.6 Å². The molecule has 1 saturated heterocycles. The third-order valence-corrected chi connectivity index (χ3v) is 5.77. The zero-order chi connectivity index (χ0) is 20.8. The van der Waals surface area contributed by atoms with Gasteiger partial charge in [-0.05, 0) is 37.8 Å². The van der Waals surface area contributed by atoms with Crippen molar-refractivity contribution in [3.63, 3.8) is 0 Å². The van der Waals surface area contributed by atoms with Crippen LogP contribution in [0, 0.1) is 0 Å². The molecule has 2 N–H and O–H groups in total. The summed E-state index contributed by atoms with van der Waals surface area (Å²) in [7, 11) is 0. The van der Waals surface area contributed by atoms with Gasteiger partial charge in [0.1, 0.15) is 6.54 Å². The number of piperazine rings is 1. The van der Waals surface area contributed by atoms with Crippen molar-refractivity contribution in [1.29, 1.82) is 0 Å². The van der Waals surface area contributed by atoms with Crippen molar-refractivity contribution < 1.29 is 19.5 Å².